The van der Waals surface area contributed by atoms with Gasteiger partial charge in [0.15, 0.2) is 0 Å². The quantitative estimate of drug-likeness (QED) is 0.531. The third-order valence-corrected chi connectivity index (χ3v) is 5.82. The summed E-state index contributed by atoms with van der Waals surface area (Å²) >= 11 is 0. The van der Waals surface area contributed by atoms with Gasteiger partial charge in [-0.3, -0.25) is 0 Å². The number of hydrogen-bond acceptors (Lipinski definition) is 1. The van der Waals surface area contributed by atoms with E-state index in [9.17, 15) is 4.79 Å². The second-order valence-corrected chi connectivity index (χ2v) is 8.91. The number of rotatable bonds is 3. The first-order chi connectivity index (χ1) is 14.6. The van der Waals surface area contributed by atoms with Crippen molar-refractivity contribution >= 4 is 5.97 Å². The van der Waals surface area contributed by atoms with Crippen LogP contribution in [0.2, 0.25) is 0 Å². The molecule has 0 unspecified atom stereocenters. The van der Waals surface area contributed by atoms with Crippen LogP contribution in [0.25, 0.3) is 11.1 Å². The van der Waals surface area contributed by atoms with Crippen LogP contribution in [-0.4, -0.2) is 11.1 Å². The van der Waals surface area contributed by atoms with Crippen molar-refractivity contribution in [2.75, 3.05) is 0 Å². The van der Waals surface area contributed by atoms with Crippen molar-refractivity contribution in [1.82, 2.24) is 0 Å². The average molecular weight is 427 g/mol. The van der Waals surface area contributed by atoms with Crippen molar-refractivity contribution in [3.8, 4) is 11.1 Å². The summed E-state index contributed by atoms with van der Waals surface area (Å²) in [5.41, 5.74) is 5.82. The Morgan fingerprint density at radius 2 is 1.16 bits per heavy atom. The first-order valence-electron chi connectivity index (χ1n) is 12.1. The van der Waals surface area contributed by atoms with Gasteiger partial charge >= 0.3 is 5.97 Å². The molecule has 1 aliphatic carbocycles. The summed E-state index contributed by atoms with van der Waals surface area (Å²) in [6, 6.07) is 13.9. The first-order valence-corrected chi connectivity index (χ1v) is 12.1. The summed E-state index contributed by atoms with van der Waals surface area (Å²) in [5.74, 6) is -0.884. The summed E-state index contributed by atoms with van der Waals surface area (Å²) in [7, 11) is 0. The molecule has 1 aliphatic rings. The molecule has 0 spiro atoms. The predicted octanol–water partition coefficient (Wildman–Crippen LogP) is 9.26. The van der Waals surface area contributed by atoms with Crippen LogP contribution in [-0.2, 0) is 10.8 Å². The Morgan fingerprint density at radius 3 is 1.58 bits per heavy atom. The zero-order valence-corrected chi connectivity index (χ0v) is 21.7. The maximum atomic E-state index is 11.0. The summed E-state index contributed by atoms with van der Waals surface area (Å²) in [6.45, 7) is 21.6. The van der Waals surface area contributed by atoms with Crippen molar-refractivity contribution in [1.29, 1.82) is 0 Å². The molecule has 2 aromatic carbocycles. The highest BCUT2D eigenvalue weighted by Gasteiger charge is 2.36. The van der Waals surface area contributed by atoms with Gasteiger partial charge in [0.25, 0.3) is 0 Å². The van der Waals surface area contributed by atoms with E-state index in [4.69, 9.17) is 5.11 Å². The Bertz CT molecular complexity index is 781. The second kappa shape index (κ2) is 13.3. The number of aromatic carboxylic acids is 1. The first kappa shape index (κ1) is 28.9. The Morgan fingerprint density at radius 1 is 0.742 bits per heavy atom. The van der Waals surface area contributed by atoms with Gasteiger partial charge in [-0.25, -0.2) is 4.79 Å². The molecule has 0 aliphatic heterocycles. The molecule has 0 atom stereocenters. The lowest BCUT2D eigenvalue weighted by molar-refractivity contribution is 0.0697. The number of unbranched alkanes of at least 4 members (excludes halogenated alkanes) is 1. The molecule has 0 heterocycles. The fourth-order valence-electron chi connectivity index (χ4n) is 3.57. The van der Waals surface area contributed by atoms with E-state index in [2.05, 4.69) is 59.7 Å². The zero-order valence-electron chi connectivity index (χ0n) is 21.7. The maximum Gasteiger partial charge on any atom is 0.335 e. The van der Waals surface area contributed by atoms with Crippen LogP contribution in [0.4, 0.5) is 0 Å². The zero-order chi connectivity index (χ0) is 24.2. The molecule has 2 aromatic rings. The number of carboxylic acid groups (broad SMARTS) is 1. The molecule has 1 N–H and O–H groups in total. The van der Waals surface area contributed by atoms with Gasteiger partial charge in [-0.15, -0.1) is 0 Å². The van der Waals surface area contributed by atoms with Crippen LogP contribution >= 0.6 is 0 Å². The number of benzene rings is 2. The van der Waals surface area contributed by atoms with E-state index in [0.717, 1.165) is 11.1 Å². The number of hydrogen-bond donors (Lipinski definition) is 1. The molecule has 174 valence electrons. The van der Waals surface area contributed by atoms with E-state index < -0.39 is 5.97 Å². The van der Waals surface area contributed by atoms with Crippen LogP contribution in [0.5, 0.6) is 0 Å². The average Bonchev–Trinajstić information content (AvgIpc) is 2.79. The lowest BCUT2D eigenvalue weighted by Crippen LogP contribution is -2.33. The van der Waals surface area contributed by atoms with Crippen molar-refractivity contribution in [2.45, 2.75) is 106 Å². The predicted molar refractivity (Wildman–Crippen MR) is 137 cm³/mol. The Kier molecular flexibility index (Phi) is 12.4. The molecule has 0 amide bonds. The maximum absolute atomic E-state index is 11.0. The Hall–Kier alpha value is -2.09. The molecule has 2 heteroatoms. The van der Waals surface area contributed by atoms with Crippen molar-refractivity contribution in [3.63, 3.8) is 0 Å². The fraction of sp³-hybridized carbons (Fsp3) is 0.552. The lowest BCUT2D eigenvalue weighted by Gasteiger charge is -2.42. The molecule has 0 bridgehead atoms. The molecule has 0 fully saturated rings. The second-order valence-electron chi connectivity index (χ2n) is 8.91. The highest BCUT2D eigenvalue weighted by Crippen LogP contribution is 2.46. The Balaban J connectivity index is 0.000000992. The van der Waals surface area contributed by atoms with Gasteiger partial charge < -0.3 is 5.11 Å². The smallest absolute Gasteiger partial charge is 0.335 e. The van der Waals surface area contributed by atoms with Crippen LogP contribution < -0.4 is 0 Å². The highest BCUT2D eigenvalue weighted by atomic mass is 16.4. The van der Waals surface area contributed by atoms with Crippen LogP contribution in [0.1, 0.15) is 116 Å². The third kappa shape index (κ3) is 7.83. The number of carbonyl (C=O) groups is 1. The Labute approximate surface area is 192 Å². The minimum absolute atomic E-state index is 0.182. The van der Waals surface area contributed by atoms with Gasteiger partial charge in [-0.2, -0.15) is 0 Å². The lowest BCUT2D eigenvalue weighted by atomic mass is 9.63. The number of fused-ring (bicyclic) bond motifs is 1. The van der Waals surface area contributed by atoms with E-state index in [1.807, 2.05) is 39.8 Å². The molecular formula is C29H46O2. The molecule has 0 saturated heterocycles. The fourth-order valence-corrected chi connectivity index (χ4v) is 3.57. The van der Waals surface area contributed by atoms with E-state index in [1.165, 1.54) is 36.8 Å². The minimum Gasteiger partial charge on any atom is -0.478 e. The van der Waals surface area contributed by atoms with Crippen molar-refractivity contribution in [3.05, 3.63) is 59.2 Å². The SMILES string of the molecule is CC.CC.CC1(C)CCC(C)(C)c2cc(-c3ccc(C(=O)O)cc3)ccc21.CCCC. The largest absolute Gasteiger partial charge is 0.478 e. The normalized spacial score (nSPS) is 14.9. The number of carboxylic acids is 1. The van der Waals surface area contributed by atoms with Gasteiger partial charge in [-0.1, -0.05) is 112 Å². The molecular weight excluding hydrogens is 380 g/mol. The highest BCUT2D eigenvalue weighted by molar-refractivity contribution is 5.88. The molecule has 31 heavy (non-hydrogen) atoms. The van der Waals surface area contributed by atoms with E-state index in [1.54, 1.807) is 12.1 Å². The topological polar surface area (TPSA) is 37.3 Å². The summed E-state index contributed by atoms with van der Waals surface area (Å²) in [6.07, 6.45) is 5.04. The van der Waals surface area contributed by atoms with Crippen molar-refractivity contribution in [2.24, 2.45) is 0 Å². The summed E-state index contributed by atoms with van der Waals surface area (Å²) < 4.78 is 0. The van der Waals surface area contributed by atoms with Crippen molar-refractivity contribution < 1.29 is 9.90 Å². The van der Waals surface area contributed by atoms with Gasteiger partial charge in [0.1, 0.15) is 0 Å². The van der Waals surface area contributed by atoms with Crippen LogP contribution in [0.15, 0.2) is 42.5 Å². The summed E-state index contributed by atoms with van der Waals surface area (Å²) in [4.78, 5) is 11.0. The standard InChI is InChI=1S/C21H24O2.C4H10.2C2H6/c1-20(2)11-12-21(3,4)18-13-16(9-10-17(18)20)14-5-7-15(8-6-14)19(22)23;1-3-4-2;2*1-2/h5-10,13H,11-12H2,1-4H3,(H,22,23);3-4H2,1-2H3;2*1-2H3. The van der Waals surface area contributed by atoms with Gasteiger partial charge in [0.05, 0.1) is 5.56 Å². The van der Waals surface area contributed by atoms with Gasteiger partial charge in [-0.05, 0) is 58.1 Å². The molecule has 0 radical (unpaired) electrons. The molecule has 2 nitrogen and oxygen atoms in total. The third-order valence-electron chi connectivity index (χ3n) is 5.82. The van der Waals surface area contributed by atoms with E-state index >= 15 is 0 Å². The summed E-state index contributed by atoms with van der Waals surface area (Å²) in [5, 5.41) is 9.03. The van der Waals surface area contributed by atoms with Crippen LogP contribution in [0, 0.1) is 0 Å². The molecule has 0 aromatic heterocycles. The van der Waals surface area contributed by atoms with Crippen LogP contribution in [0.3, 0.4) is 0 Å². The van der Waals surface area contributed by atoms with Gasteiger partial charge in [0, 0.05) is 0 Å². The minimum atomic E-state index is -0.884. The van der Waals surface area contributed by atoms with Gasteiger partial charge in [0.2, 0.25) is 0 Å². The monoisotopic (exact) mass is 426 g/mol. The molecule has 3 rings (SSSR count). The molecule has 0 saturated carbocycles. The van der Waals surface area contributed by atoms with E-state index in [0.29, 0.717) is 5.56 Å². The van der Waals surface area contributed by atoms with E-state index in [-0.39, 0.29) is 10.8 Å².